The molecule has 0 aliphatic heterocycles. The predicted octanol–water partition coefficient (Wildman–Crippen LogP) is 4.43. The average Bonchev–Trinajstić information content (AvgIpc) is 2.91. The van der Waals surface area contributed by atoms with Crippen LogP contribution in [0.4, 0.5) is 0 Å². The zero-order valence-electron chi connectivity index (χ0n) is 11.7. The molecular weight excluding hydrogens is 246 g/mol. The Hall–Kier alpha value is -2.06. The third-order valence-electron chi connectivity index (χ3n) is 3.63. The SMILES string of the molecule is CCCc1ccc(C(N)c2cc3ccccc3o2)cc1. The van der Waals surface area contributed by atoms with E-state index < -0.39 is 0 Å². The number of para-hydroxylation sites is 1. The van der Waals surface area contributed by atoms with Gasteiger partial charge in [0, 0.05) is 5.39 Å². The fourth-order valence-corrected chi connectivity index (χ4v) is 2.50. The monoisotopic (exact) mass is 265 g/mol. The first-order valence-electron chi connectivity index (χ1n) is 7.11. The molecular formula is C18H19NO. The molecule has 0 bridgehead atoms. The second-order valence-electron chi connectivity index (χ2n) is 5.16. The van der Waals surface area contributed by atoms with Gasteiger partial charge in [-0.25, -0.2) is 0 Å². The molecule has 0 amide bonds. The van der Waals surface area contributed by atoms with Crippen LogP contribution in [0.5, 0.6) is 0 Å². The molecule has 3 aromatic rings. The smallest absolute Gasteiger partial charge is 0.134 e. The summed E-state index contributed by atoms with van der Waals surface area (Å²) in [5.74, 6) is 0.814. The van der Waals surface area contributed by atoms with E-state index in [-0.39, 0.29) is 6.04 Å². The first kappa shape index (κ1) is 12.9. The fraction of sp³-hybridized carbons (Fsp3) is 0.222. The minimum absolute atomic E-state index is 0.210. The Morgan fingerprint density at radius 3 is 2.50 bits per heavy atom. The molecule has 1 atom stereocenters. The van der Waals surface area contributed by atoms with Gasteiger partial charge in [-0.3, -0.25) is 0 Å². The van der Waals surface area contributed by atoms with Crippen LogP contribution < -0.4 is 5.73 Å². The number of nitrogens with two attached hydrogens (primary N) is 1. The van der Waals surface area contributed by atoms with Crippen molar-refractivity contribution in [3.8, 4) is 0 Å². The molecule has 0 spiro atoms. The van der Waals surface area contributed by atoms with E-state index in [1.54, 1.807) is 0 Å². The van der Waals surface area contributed by atoms with Crippen molar-refractivity contribution < 1.29 is 4.42 Å². The van der Waals surface area contributed by atoms with Crippen LogP contribution in [0.15, 0.2) is 59.0 Å². The first-order chi connectivity index (χ1) is 9.78. The Balaban J connectivity index is 1.89. The van der Waals surface area contributed by atoms with Gasteiger partial charge < -0.3 is 10.2 Å². The van der Waals surface area contributed by atoms with Crippen molar-refractivity contribution in [2.75, 3.05) is 0 Å². The van der Waals surface area contributed by atoms with Crippen molar-refractivity contribution in [1.29, 1.82) is 0 Å². The maximum absolute atomic E-state index is 6.31. The summed E-state index contributed by atoms with van der Waals surface area (Å²) in [6.45, 7) is 2.19. The predicted molar refractivity (Wildman–Crippen MR) is 82.7 cm³/mol. The van der Waals surface area contributed by atoms with E-state index >= 15 is 0 Å². The van der Waals surface area contributed by atoms with Crippen LogP contribution in [-0.4, -0.2) is 0 Å². The van der Waals surface area contributed by atoms with E-state index in [4.69, 9.17) is 10.2 Å². The Kier molecular flexibility index (Phi) is 3.57. The van der Waals surface area contributed by atoms with Crippen molar-refractivity contribution in [3.63, 3.8) is 0 Å². The van der Waals surface area contributed by atoms with Crippen molar-refractivity contribution in [2.24, 2.45) is 5.73 Å². The van der Waals surface area contributed by atoms with E-state index in [0.29, 0.717) is 0 Å². The van der Waals surface area contributed by atoms with Crippen molar-refractivity contribution >= 4 is 11.0 Å². The van der Waals surface area contributed by atoms with Gasteiger partial charge in [-0.1, -0.05) is 55.8 Å². The number of furan rings is 1. The van der Waals surface area contributed by atoms with Gasteiger partial charge in [0.1, 0.15) is 11.3 Å². The average molecular weight is 265 g/mol. The molecule has 0 saturated carbocycles. The Morgan fingerprint density at radius 2 is 1.80 bits per heavy atom. The summed E-state index contributed by atoms with van der Waals surface area (Å²) < 4.78 is 5.84. The summed E-state index contributed by atoms with van der Waals surface area (Å²) in [5.41, 5.74) is 9.64. The zero-order chi connectivity index (χ0) is 13.9. The first-order valence-corrected chi connectivity index (χ1v) is 7.11. The Morgan fingerprint density at radius 1 is 1.05 bits per heavy atom. The van der Waals surface area contributed by atoms with Gasteiger partial charge in [-0.05, 0) is 29.7 Å². The van der Waals surface area contributed by atoms with E-state index in [1.165, 1.54) is 5.56 Å². The molecule has 102 valence electrons. The topological polar surface area (TPSA) is 39.2 Å². The van der Waals surface area contributed by atoms with Crippen LogP contribution in [0.3, 0.4) is 0 Å². The third kappa shape index (κ3) is 2.47. The highest BCUT2D eigenvalue weighted by Gasteiger charge is 2.13. The largest absolute Gasteiger partial charge is 0.459 e. The molecule has 0 fully saturated rings. The molecule has 1 aromatic heterocycles. The lowest BCUT2D eigenvalue weighted by Crippen LogP contribution is -2.10. The molecule has 2 aromatic carbocycles. The Bertz CT molecular complexity index is 664. The molecule has 3 rings (SSSR count). The number of rotatable bonds is 4. The lowest BCUT2D eigenvalue weighted by molar-refractivity contribution is 0.525. The molecule has 0 radical (unpaired) electrons. The summed E-state index contributed by atoms with van der Waals surface area (Å²) in [6.07, 6.45) is 2.27. The maximum atomic E-state index is 6.31. The van der Waals surface area contributed by atoms with Crippen LogP contribution in [0.1, 0.15) is 36.3 Å². The van der Waals surface area contributed by atoms with Crippen molar-refractivity contribution in [3.05, 3.63) is 71.5 Å². The van der Waals surface area contributed by atoms with Crippen LogP contribution >= 0.6 is 0 Å². The second kappa shape index (κ2) is 5.51. The van der Waals surface area contributed by atoms with Gasteiger partial charge in [0.15, 0.2) is 0 Å². The van der Waals surface area contributed by atoms with Gasteiger partial charge in [-0.15, -0.1) is 0 Å². The Labute approximate surface area is 119 Å². The molecule has 1 heterocycles. The summed E-state index contributed by atoms with van der Waals surface area (Å²) in [4.78, 5) is 0. The van der Waals surface area contributed by atoms with E-state index in [9.17, 15) is 0 Å². The summed E-state index contributed by atoms with van der Waals surface area (Å²) in [6, 6.07) is 18.3. The lowest BCUT2D eigenvalue weighted by atomic mass is 10.0. The molecule has 0 saturated heterocycles. The number of benzene rings is 2. The molecule has 2 nitrogen and oxygen atoms in total. The van der Waals surface area contributed by atoms with Gasteiger partial charge in [0.25, 0.3) is 0 Å². The minimum atomic E-state index is -0.210. The number of fused-ring (bicyclic) bond motifs is 1. The summed E-state index contributed by atoms with van der Waals surface area (Å²) in [5, 5.41) is 1.10. The molecule has 1 unspecified atom stereocenters. The van der Waals surface area contributed by atoms with E-state index in [1.807, 2.05) is 30.3 Å². The lowest BCUT2D eigenvalue weighted by Gasteiger charge is -2.09. The molecule has 0 aliphatic rings. The summed E-state index contributed by atoms with van der Waals surface area (Å²) in [7, 11) is 0. The fourth-order valence-electron chi connectivity index (χ4n) is 2.50. The number of hydrogen-bond acceptors (Lipinski definition) is 2. The highest BCUT2D eigenvalue weighted by atomic mass is 16.3. The van der Waals surface area contributed by atoms with Crippen LogP contribution in [0.2, 0.25) is 0 Å². The standard InChI is InChI=1S/C18H19NO/c1-2-5-13-8-10-14(11-9-13)18(19)17-12-15-6-3-4-7-16(15)20-17/h3-4,6-12,18H,2,5,19H2,1H3. The van der Waals surface area contributed by atoms with E-state index in [2.05, 4.69) is 31.2 Å². The highest BCUT2D eigenvalue weighted by molar-refractivity contribution is 5.77. The second-order valence-corrected chi connectivity index (χ2v) is 5.16. The number of hydrogen-bond donors (Lipinski definition) is 1. The van der Waals surface area contributed by atoms with Gasteiger partial charge in [0.2, 0.25) is 0 Å². The summed E-state index contributed by atoms with van der Waals surface area (Å²) >= 11 is 0. The quantitative estimate of drug-likeness (QED) is 0.757. The van der Waals surface area contributed by atoms with E-state index in [0.717, 1.165) is 35.1 Å². The van der Waals surface area contributed by atoms with Gasteiger partial charge >= 0.3 is 0 Å². The van der Waals surface area contributed by atoms with Crippen molar-refractivity contribution in [1.82, 2.24) is 0 Å². The minimum Gasteiger partial charge on any atom is -0.459 e. The molecule has 2 N–H and O–H groups in total. The zero-order valence-corrected chi connectivity index (χ0v) is 11.7. The number of aryl methyl sites for hydroxylation is 1. The third-order valence-corrected chi connectivity index (χ3v) is 3.63. The molecule has 0 aliphatic carbocycles. The normalized spacial score (nSPS) is 12.7. The maximum Gasteiger partial charge on any atom is 0.134 e. The van der Waals surface area contributed by atoms with Gasteiger partial charge in [0.05, 0.1) is 6.04 Å². The highest BCUT2D eigenvalue weighted by Crippen LogP contribution is 2.26. The van der Waals surface area contributed by atoms with Crippen LogP contribution in [0, 0.1) is 0 Å². The van der Waals surface area contributed by atoms with Gasteiger partial charge in [-0.2, -0.15) is 0 Å². The van der Waals surface area contributed by atoms with Crippen LogP contribution in [-0.2, 0) is 6.42 Å². The molecule has 20 heavy (non-hydrogen) atoms. The van der Waals surface area contributed by atoms with Crippen LogP contribution in [0.25, 0.3) is 11.0 Å². The molecule has 2 heteroatoms. The van der Waals surface area contributed by atoms with Crippen molar-refractivity contribution in [2.45, 2.75) is 25.8 Å².